The van der Waals surface area contributed by atoms with Crippen LogP contribution in [0.25, 0.3) is 22.3 Å². The molecular weight excluding hydrogens is 288 g/mol. The lowest BCUT2D eigenvalue weighted by molar-refractivity contribution is 0.342. The highest BCUT2D eigenvalue weighted by molar-refractivity contribution is 6.31. The summed E-state index contributed by atoms with van der Waals surface area (Å²) in [7, 11) is 0. The highest BCUT2D eigenvalue weighted by Crippen LogP contribution is 2.34. The maximum atomic E-state index is 9.37. The Morgan fingerprint density at radius 2 is 1.86 bits per heavy atom. The molecular formula is C17H14ClO3+. The van der Waals surface area contributed by atoms with Gasteiger partial charge in [0.05, 0.1) is 18.2 Å². The fourth-order valence-electron chi connectivity index (χ4n) is 2.17. The summed E-state index contributed by atoms with van der Waals surface area (Å²) in [6.45, 7) is 2.49. The lowest BCUT2D eigenvalue weighted by atomic mass is 10.1. The van der Waals surface area contributed by atoms with Crippen molar-refractivity contribution in [3.05, 3.63) is 53.6 Å². The van der Waals surface area contributed by atoms with E-state index in [9.17, 15) is 5.11 Å². The summed E-state index contributed by atoms with van der Waals surface area (Å²) in [4.78, 5) is 0. The van der Waals surface area contributed by atoms with Gasteiger partial charge in [-0.25, -0.2) is 4.42 Å². The van der Waals surface area contributed by atoms with Gasteiger partial charge in [0.25, 0.3) is 0 Å². The van der Waals surface area contributed by atoms with E-state index >= 15 is 0 Å². The van der Waals surface area contributed by atoms with Crippen LogP contribution in [0.2, 0.25) is 5.02 Å². The van der Waals surface area contributed by atoms with Crippen molar-refractivity contribution in [2.75, 3.05) is 6.61 Å². The quantitative estimate of drug-likeness (QED) is 0.681. The molecule has 0 aliphatic heterocycles. The van der Waals surface area contributed by atoms with Gasteiger partial charge in [0.2, 0.25) is 0 Å². The van der Waals surface area contributed by atoms with Crippen LogP contribution >= 0.6 is 11.6 Å². The largest absolute Gasteiger partial charge is 0.508 e. The minimum Gasteiger partial charge on any atom is -0.508 e. The molecule has 0 saturated heterocycles. The number of hydrogen-bond donors (Lipinski definition) is 1. The molecule has 0 amide bonds. The molecule has 1 N–H and O–H groups in total. The molecule has 0 fully saturated rings. The van der Waals surface area contributed by atoms with E-state index in [-0.39, 0.29) is 5.75 Å². The van der Waals surface area contributed by atoms with Gasteiger partial charge in [-0.2, -0.15) is 0 Å². The maximum Gasteiger partial charge on any atom is 0.364 e. The monoisotopic (exact) mass is 301 g/mol. The topological polar surface area (TPSA) is 40.8 Å². The van der Waals surface area contributed by atoms with Gasteiger partial charge in [-0.15, -0.1) is 0 Å². The SMILES string of the molecule is CCOc1cc(-c2ccc(O)cc2)[o+]c2ccc(Cl)cc12. The van der Waals surface area contributed by atoms with E-state index < -0.39 is 0 Å². The van der Waals surface area contributed by atoms with Crippen molar-refractivity contribution < 1.29 is 14.3 Å². The van der Waals surface area contributed by atoms with E-state index in [1.807, 2.05) is 25.1 Å². The van der Waals surface area contributed by atoms with E-state index in [0.29, 0.717) is 23.0 Å². The summed E-state index contributed by atoms with van der Waals surface area (Å²) in [5, 5.41) is 10.8. The van der Waals surface area contributed by atoms with Crippen molar-refractivity contribution in [2.45, 2.75) is 6.92 Å². The summed E-state index contributed by atoms with van der Waals surface area (Å²) in [5.41, 5.74) is 1.57. The van der Waals surface area contributed by atoms with E-state index in [1.165, 1.54) is 0 Å². The molecule has 0 radical (unpaired) electrons. The Morgan fingerprint density at radius 1 is 1.10 bits per heavy atom. The molecule has 0 aliphatic carbocycles. The van der Waals surface area contributed by atoms with Crippen molar-refractivity contribution in [3.63, 3.8) is 0 Å². The Morgan fingerprint density at radius 3 is 2.57 bits per heavy atom. The van der Waals surface area contributed by atoms with Gasteiger partial charge >= 0.3 is 11.3 Å². The van der Waals surface area contributed by atoms with Crippen LogP contribution in [0.3, 0.4) is 0 Å². The first-order valence-corrected chi connectivity index (χ1v) is 7.04. The van der Waals surface area contributed by atoms with Crippen LogP contribution in [0.1, 0.15) is 6.92 Å². The summed E-state index contributed by atoms with van der Waals surface area (Å²) in [6.07, 6.45) is 0. The van der Waals surface area contributed by atoms with Crippen molar-refractivity contribution >= 4 is 22.6 Å². The van der Waals surface area contributed by atoms with Crippen LogP contribution in [-0.4, -0.2) is 11.7 Å². The molecule has 0 saturated carbocycles. The second-order valence-corrected chi connectivity index (χ2v) is 5.03. The van der Waals surface area contributed by atoms with Crippen molar-refractivity contribution in [1.82, 2.24) is 0 Å². The van der Waals surface area contributed by atoms with Gasteiger partial charge in [-0.1, -0.05) is 11.6 Å². The first-order chi connectivity index (χ1) is 10.2. The summed E-state index contributed by atoms with van der Waals surface area (Å²) in [5.74, 6) is 1.62. The molecule has 3 nitrogen and oxygen atoms in total. The smallest absolute Gasteiger partial charge is 0.364 e. The van der Waals surface area contributed by atoms with Gasteiger partial charge in [-0.3, -0.25) is 0 Å². The molecule has 0 aliphatic rings. The first kappa shape index (κ1) is 13.7. The molecule has 106 valence electrons. The van der Waals surface area contributed by atoms with Crippen LogP contribution in [-0.2, 0) is 0 Å². The number of fused-ring (bicyclic) bond motifs is 1. The highest BCUT2D eigenvalue weighted by Gasteiger charge is 2.20. The summed E-state index contributed by atoms with van der Waals surface area (Å²) in [6, 6.07) is 14.1. The zero-order valence-electron chi connectivity index (χ0n) is 11.5. The molecule has 4 heteroatoms. The number of halogens is 1. The Kier molecular flexibility index (Phi) is 3.67. The van der Waals surface area contributed by atoms with Crippen LogP contribution in [0.5, 0.6) is 11.5 Å². The van der Waals surface area contributed by atoms with Gasteiger partial charge in [0.15, 0.2) is 0 Å². The minimum absolute atomic E-state index is 0.219. The van der Waals surface area contributed by atoms with Gasteiger partial charge in [-0.05, 0) is 43.3 Å². The number of hydrogen-bond acceptors (Lipinski definition) is 2. The van der Waals surface area contributed by atoms with Crippen molar-refractivity contribution in [1.29, 1.82) is 0 Å². The van der Waals surface area contributed by atoms with Crippen LogP contribution in [0.15, 0.2) is 52.9 Å². The molecule has 0 atom stereocenters. The van der Waals surface area contributed by atoms with E-state index in [1.54, 1.807) is 30.3 Å². The Hall–Kier alpha value is -2.26. The van der Waals surface area contributed by atoms with Gasteiger partial charge < -0.3 is 9.84 Å². The zero-order chi connectivity index (χ0) is 14.8. The van der Waals surface area contributed by atoms with Gasteiger partial charge in [0, 0.05) is 11.1 Å². The number of rotatable bonds is 3. The lowest BCUT2D eigenvalue weighted by Gasteiger charge is -2.04. The standard InChI is InChI=1S/C17H13ClO3/c1-2-20-17-10-16(11-3-6-13(19)7-4-11)21-15-8-5-12(18)9-14(15)17/h3-10H,2H2,1H3/p+1. The van der Waals surface area contributed by atoms with E-state index in [0.717, 1.165) is 16.7 Å². The number of aromatic hydroxyl groups is 1. The average molecular weight is 302 g/mol. The Labute approximate surface area is 127 Å². The predicted molar refractivity (Wildman–Crippen MR) is 83.9 cm³/mol. The number of phenolic OH excluding ortho intramolecular Hbond substituents is 1. The second kappa shape index (κ2) is 5.62. The van der Waals surface area contributed by atoms with Crippen molar-refractivity contribution in [2.24, 2.45) is 0 Å². The first-order valence-electron chi connectivity index (χ1n) is 6.66. The Bertz CT molecular complexity index is 782. The van der Waals surface area contributed by atoms with Crippen LogP contribution in [0, 0.1) is 0 Å². The summed E-state index contributed by atoms with van der Waals surface area (Å²) < 4.78 is 11.6. The molecule has 2 aromatic carbocycles. The number of phenols is 1. The number of benzene rings is 2. The van der Waals surface area contributed by atoms with E-state index in [4.69, 9.17) is 20.8 Å². The third-order valence-corrected chi connectivity index (χ3v) is 3.38. The lowest BCUT2D eigenvalue weighted by Crippen LogP contribution is -1.93. The molecule has 21 heavy (non-hydrogen) atoms. The maximum absolute atomic E-state index is 9.37. The molecule has 0 spiro atoms. The Balaban J connectivity index is 2.20. The fourth-order valence-corrected chi connectivity index (χ4v) is 2.34. The second-order valence-electron chi connectivity index (χ2n) is 4.60. The van der Waals surface area contributed by atoms with Crippen LogP contribution in [0.4, 0.5) is 0 Å². The normalized spacial score (nSPS) is 10.8. The average Bonchev–Trinajstić information content (AvgIpc) is 2.48. The van der Waals surface area contributed by atoms with Crippen LogP contribution < -0.4 is 4.74 Å². The molecule has 0 bridgehead atoms. The summed E-state index contributed by atoms with van der Waals surface area (Å²) >= 11 is 6.04. The third kappa shape index (κ3) is 2.78. The molecule has 0 unspecified atom stereocenters. The van der Waals surface area contributed by atoms with Gasteiger partial charge in [0.1, 0.15) is 16.9 Å². The number of ether oxygens (including phenoxy) is 1. The molecule has 1 aromatic heterocycles. The molecule has 3 aromatic rings. The van der Waals surface area contributed by atoms with E-state index in [2.05, 4.69) is 0 Å². The fraction of sp³-hybridized carbons (Fsp3) is 0.118. The van der Waals surface area contributed by atoms with Crippen molar-refractivity contribution in [3.8, 4) is 22.8 Å². The predicted octanol–water partition coefficient (Wildman–Crippen LogP) is 5.14. The molecule has 3 rings (SSSR count). The highest BCUT2D eigenvalue weighted by atomic mass is 35.5. The minimum atomic E-state index is 0.219. The zero-order valence-corrected chi connectivity index (χ0v) is 12.2. The molecule has 1 heterocycles. The third-order valence-electron chi connectivity index (χ3n) is 3.14.